The summed E-state index contributed by atoms with van der Waals surface area (Å²) in [6.07, 6.45) is 0. The van der Waals surface area contributed by atoms with Crippen LogP contribution >= 0.6 is 0 Å². The zero-order valence-corrected chi connectivity index (χ0v) is 3.72. The third-order valence-electron chi connectivity index (χ3n) is 0.347. The fourth-order valence-corrected chi connectivity index (χ4v) is 0.124. The van der Waals surface area contributed by atoms with E-state index in [1.165, 1.54) is 0 Å². The topological polar surface area (TPSA) is 61.7 Å². The molecule has 0 bridgehead atoms. The van der Waals surface area contributed by atoms with Crippen molar-refractivity contribution in [3.05, 3.63) is 0 Å². The van der Waals surface area contributed by atoms with Gasteiger partial charge in [-0.15, -0.1) is 0 Å². The molecule has 4 heteroatoms. The molecule has 0 aromatic heterocycles. The Morgan fingerprint density at radius 2 is 2.57 bits per heavy atom. The van der Waals surface area contributed by atoms with Gasteiger partial charge >= 0.3 is 0 Å². The maximum atomic E-state index is 9.92. The molecule has 0 saturated carbocycles. The lowest BCUT2D eigenvalue weighted by Crippen LogP contribution is -2.19. The van der Waals surface area contributed by atoms with Gasteiger partial charge in [-0.1, -0.05) is 0 Å². The Balaban J connectivity index is 3.17. The van der Waals surface area contributed by atoms with Gasteiger partial charge in [0, 0.05) is 6.72 Å². The van der Waals surface area contributed by atoms with Gasteiger partial charge in [-0.25, -0.2) is 5.43 Å². The summed E-state index contributed by atoms with van der Waals surface area (Å²) in [5.41, 5.74) is 1.92. The molecular formula is C3H6N2O2. The predicted molar refractivity (Wildman–Crippen MR) is 24.8 cm³/mol. The Bertz CT molecular complexity index is 81.0. The first-order chi connectivity index (χ1) is 3.31. The molecule has 0 aromatic rings. The van der Waals surface area contributed by atoms with Crippen LogP contribution in [0.2, 0.25) is 0 Å². The summed E-state index contributed by atoms with van der Waals surface area (Å²) in [7, 11) is 0. The lowest BCUT2D eigenvalue weighted by atomic mass is 10.7. The molecule has 0 aliphatic rings. The van der Waals surface area contributed by atoms with E-state index in [0.717, 1.165) is 0 Å². The Hall–Kier alpha value is -0.900. The second-order valence-corrected chi connectivity index (χ2v) is 0.851. The molecule has 0 unspecified atom stereocenters. The first-order valence-corrected chi connectivity index (χ1v) is 1.66. The average Bonchev–Trinajstić information content (AvgIpc) is 1.68. The van der Waals surface area contributed by atoms with E-state index in [2.05, 4.69) is 11.8 Å². The number of rotatable bonds is 2. The first-order valence-electron chi connectivity index (χ1n) is 1.66. The SMILES string of the molecule is C=NNC(=O)CO. The third kappa shape index (κ3) is 2.92. The third-order valence-corrected chi connectivity index (χ3v) is 0.347. The largest absolute Gasteiger partial charge is 0.386 e. The molecule has 0 rings (SSSR count). The van der Waals surface area contributed by atoms with Gasteiger partial charge in [0.25, 0.3) is 5.91 Å². The van der Waals surface area contributed by atoms with Crippen LogP contribution in [-0.4, -0.2) is 24.3 Å². The van der Waals surface area contributed by atoms with Crippen LogP contribution in [0.15, 0.2) is 5.10 Å². The van der Waals surface area contributed by atoms with Crippen LogP contribution in [0.3, 0.4) is 0 Å². The highest BCUT2D eigenvalue weighted by Crippen LogP contribution is 1.56. The Morgan fingerprint density at radius 3 is 2.71 bits per heavy atom. The van der Waals surface area contributed by atoms with E-state index in [-0.39, 0.29) is 0 Å². The smallest absolute Gasteiger partial charge is 0.265 e. The van der Waals surface area contributed by atoms with Crippen molar-refractivity contribution >= 4 is 12.6 Å². The number of aliphatic hydroxyl groups excluding tert-OH is 1. The second-order valence-electron chi connectivity index (χ2n) is 0.851. The molecule has 0 aliphatic carbocycles. The van der Waals surface area contributed by atoms with E-state index in [1.54, 1.807) is 0 Å². The number of hydrogen-bond acceptors (Lipinski definition) is 3. The van der Waals surface area contributed by atoms with Crippen molar-refractivity contribution in [3.63, 3.8) is 0 Å². The average molecular weight is 102 g/mol. The Labute approximate surface area is 40.8 Å². The highest BCUT2D eigenvalue weighted by atomic mass is 16.3. The van der Waals surface area contributed by atoms with Crippen molar-refractivity contribution in [3.8, 4) is 0 Å². The van der Waals surface area contributed by atoms with E-state index in [4.69, 9.17) is 5.11 Å². The Morgan fingerprint density at radius 1 is 2.00 bits per heavy atom. The summed E-state index contributed by atoms with van der Waals surface area (Å²) in [4.78, 5) is 9.92. The first kappa shape index (κ1) is 6.10. The second kappa shape index (κ2) is 3.30. The minimum atomic E-state index is -0.546. The van der Waals surface area contributed by atoms with Gasteiger partial charge in [-0.05, 0) is 0 Å². The maximum absolute atomic E-state index is 9.92. The zero-order valence-electron chi connectivity index (χ0n) is 3.72. The minimum absolute atomic E-state index is 0.543. The van der Waals surface area contributed by atoms with Gasteiger partial charge in [0.2, 0.25) is 0 Å². The molecule has 40 valence electrons. The molecule has 0 radical (unpaired) electrons. The molecule has 0 atom stereocenters. The molecule has 0 spiro atoms. The lowest BCUT2D eigenvalue weighted by molar-refractivity contribution is -0.123. The summed E-state index contributed by atoms with van der Waals surface area (Å²) in [5.74, 6) is -0.546. The summed E-state index contributed by atoms with van der Waals surface area (Å²) in [6, 6.07) is 0. The standard InChI is InChI=1S/C3H6N2O2/c1-4-5-3(7)2-6/h6H,1-2H2,(H,5,7). The van der Waals surface area contributed by atoms with E-state index < -0.39 is 12.5 Å². The molecule has 7 heavy (non-hydrogen) atoms. The number of carbonyl (C=O) groups is 1. The van der Waals surface area contributed by atoms with Crippen molar-refractivity contribution in [2.24, 2.45) is 5.10 Å². The Kier molecular flexibility index (Phi) is 2.87. The fraction of sp³-hybridized carbons (Fsp3) is 0.333. The van der Waals surface area contributed by atoms with Gasteiger partial charge in [-0.2, -0.15) is 5.10 Å². The quantitative estimate of drug-likeness (QED) is 0.336. The number of amides is 1. The predicted octanol–water partition coefficient (Wildman–Crippen LogP) is -1.29. The summed E-state index contributed by atoms with van der Waals surface area (Å²) in [6.45, 7) is 2.41. The maximum Gasteiger partial charge on any atom is 0.265 e. The molecule has 2 N–H and O–H groups in total. The van der Waals surface area contributed by atoms with Gasteiger partial charge in [0.15, 0.2) is 0 Å². The number of hydrogen-bond donors (Lipinski definition) is 2. The number of aliphatic hydroxyl groups is 1. The summed E-state index contributed by atoms with van der Waals surface area (Å²) >= 11 is 0. The lowest BCUT2D eigenvalue weighted by Gasteiger charge is -1.88. The number of nitrogens with zero attached hydrogens (tertiary/aromatic N) is 1. The van der Waals surface area contributed by atoms with Crippen LogP contribution < -0.4 is 5.43 Å². The molecule has 4 nitrogen and oxygen atoms in total. The van der Waals surface area contributed by atoms with Crippen molar-refractivity contribution < 1.29 is 9.90 Å². The molecule has 0 aliphatic heterocycles. The van der Waals surface area contributed by atoms with Crippen LogP contribution in [-0.2, 0) is 4.79 Å². The van der Waals surface area contributed by atoms with E-state index in [9.17, 15) is 4.79 Å². The zero-order chi connectivity index (χ0) is 5.70. The van der Waals surface area contributed by atoms with Crippen LogP contribution in [0.1, 0.15) is 0 Å². The molecule has 0 aromatic carbocycles. The molecule has 0 fully saturated rings. The van der Waals surface area contributed by atoms with Crippen molar-refractivity contribution in [1.29, 1.82) is 0 Å². The molecule has 0 saturated heterocycles. The van der Waals surface area contributed by atoms with Crippen LogP contribution in [0, 0.1) is 0 Å². The molecule has 0 heterocycles. The van der Waals surface area contributed by atoms with Gasteiger partial charge < -0.3 is 5.11 Å². The van der Waals surface area contributed by atoms with Crippen LogP contribution in [0.5, 0.6) is 0 Å². The number of nitrogens with one attached hydrogen (secondary N) is 1. The van der Waals surface area contributed by atoms with Crippen molar-refractivity contribution in [2.45, 2.75) is 0 Å². The fourth-order valence-electron chi connectivity index (χ4n) is 0.124. The van der Waals surface area contributed by atoms with Crippen LogP contribution in [0.25, 0.3) is 0 Å². The van der Waals surface area contributed by atoms with Crippen LogP contribution in [0.4, 0.5) is 0 Å². The normalized spacial score (nSPS) is 7.57. The highest BCUT2D eigenvalue weighted by Gasteiger charge is 1.89. The minimum Gasteiger partial charge on any atom is -0.386 e. The van der Waals surface area contributed by atoms with Gasteiger partial charge in [0.1, 0.15) is 6.61 Å². The van der Waals surface area contributed by atoms with Gasteiger partial charge in [-0.3, -0.25) is 4.79 Å². The monoisotopic (exact) mass is 102 g/mol. The number of hydrazone groups is 1. The molecular weight excluding hydrogens is 96.0 g/mol. The highest BCUT2D eigenvalue weighted by molar-refractivity contribution is 5.76. The molecule has 1 amide bonds. The number of carbonyl (C=O) groups excluding carboxylic acids is 1. The van der Waals surface area contributed by atoms with E-state index >= 15 is 0 Å². The van der Waals surface area contributed by atoms with Crippen molar-refractivity contribution in [2.75, 3.05) is 6.61 Å². The van der Waals surface area contributed by atoms with E-state index in [0.29, 0.717) is 0 Å². The summed E-state index contributed by atoms with van der Waals surface area (Å²) < 4.78 is 0. The summed E-state index contributed by atoms with van der Waals surface area (Å²) in [5, 5.41) is 11.0. The van der Waals surface area contributed by atoms with Gasteiger partial charge in [0.05, 0.1) is 0 Å². The van der Waals surface area contributed by atoms with Crippen molar-refractivity contribution in [1.82, 2.24) is 5.43 Å². The van der Waals surface area contributed by atoms with E-state index in [1.807, 2.05) is 5.43 Å².